The van der Waals surface area contributed by atoms with Crippen molar-refractivity contribution in [2.24, 2.45) is 0 Å². The molecule has 0 atom stereocenters. The smallest absolute Gasteiger partial charge is 0.183 e. The number of benzene rings is 1. The molecule has 15 heavy (non-hydrogen) atoms. The van der Waals surface area contributed by atoms with E-state index in [1.54, 1.807) is 21.3 Å². The maximum absolute atomic E-state index is 5.25. The van der Waals surface area contributed by atoms with Crippen molar-refractivity contribution in [1.82, 2.24) is 0 Å². The van der Waals surface area contributed by atoms with E-state index in [-0.39, 0.29) is 6.29 Å². The first-order valence-corrected chi connectivity index (χ1v) is 4.84. The molecule has 0 heterocycles. The molecule has 1 aromatic carbocycles. The van der Waals surface area contributed by atoms with Gasteiger partial charge < -0.3 is 14.2 Å². The third kappa shape index (κ3) is 2.49. The Bertz CT molecular complexity index is 330. The normalized spacial score (nSPS) is 10.8. The summed E-state index contributed by atoms with van der Waals surface area (Å²) in [6.07, 6.45) is -0.311. The second-order valence-corrected chi connectivity index (χ2v) is 3.48. The Morgan fingerprint density at radius 1 is 0.933 bits per heavy atom. The molecular weight excluding hydrogens is 192 g/mol. The Kier molecular flexibility index (Phi) is 4.12. The molecule has 0 N–H and O–H groups in total. The Hall–Kier alpha value is -1.06. The zero-order valence-corrected chi connectivity index (χ0v) is 9.96. The average Bonchev–Trinajstić information content (AvgIpc) is 2.24. The molecule has 1 rings (SSSR count). The van der Waals surface area contributed by atoms with Crippen molar-refractivity contribution < 1.29 is 14.2 Å². The average molecular weight is 210 g/mol. The molecule has 0 amide bonds. The predicted octanol–water partition coefficient (Wildman–Crippen LogP) is 2.60. The van der Waals surface area contributed by atoms with Crippen LogP contribution in [0, 0.1) is 13.8 Å². The molecule has 0 unspecified atom stereocenters. The maximum Gasteiger partial charge on any atom is 0.183 e. The van der Waals surface area contributed by atoms with Crippen LogP contribution in [-0.4, -0.2) is 21.3 Å². The summed E-state index contributed by atoms with van der Waals surface area (Å²) in [6, 6.07) is 4.03. The first-order valence-electron chi connectivity index (χ1n) is 4.84. The van der Waals surface area contributed by atoms with Crippen molar-refractivity contribution in [1.29, 1.82) is 0 Å². The van der Waals surface area contributed by atoms with Crippen molar-refractivity contribution in [3.63, 3.8) is 0 Å². The van der Waals surface area contributed by atoms with Crippen LogP contribution in [0.15, 0.2) is 12.1 Å². The maximum atomic E-state index is 5.25. The molecule has 1 aromatic rings. The summed E-state index contributed by atoms with van der Waals surface area (Å²) in [5.74, 6) is 0.891. The Morgan fingerprint density at radius 2 is 1.53 bits per heavy atom. The molecule has 0 aliphatic heterocycles. The van der Waals surface area contributed by atoms with E-state index in [0.29, 0.717) is 0 Å². The van der Waals surface area contributed by atoms with Gasteiger partial charge in [0.05, 0.1) is 7.11 Å². The minimum atomic E-state index is -0.311. The molecule has 0 aromatic heterocycles. The Balaban J connectivity index is 3.14. The van der Waals surface area contributed by atoms with Gasteiger partial charge in [-0.2, -0.15) is 0 Å². The van der Waals surface area contributed by atoms with Gasteiger partial charge in [0, 0.05) is 19.8 Å². The quantitative estimate of drug-likeness (QED) is 0.715. The lowest BCUT2D eigenvalue weighted by Gasteiger charge is -2.18. The first-order chi connectivity index (χ1) is 7.13. The minimum absolute atomic E-state index is 0.311. The number of rotatable bonds is 4. The molecule has 0 aliphatic carbocycles. The van der Waals surface area contributed by atoms with Gasteiger partial charge in [0.15, 0.2) is 6.29 Å². The third-order valence-electron chi connectivity index (χ3n) is 2.47. The van der Waals surface area contributed by atoms with Gasteiger partial charge in [-0.05, 0) is 37.1 Å². The van der Waals surface area contributed by atoms with Crippen molar-refractivity contribution in [3.05, 3.63) is 28.8 Å². The van der Waals surface area contributed by atoms with E-state index in [2.05, 4.69) is 0 Å². The Morgan fingerprint density at radius 3 is 2.00 bits per heavy atom. The van der Waals surface area contributed by atoms with Gasteiger partial charge >= 0.3 is 0 Å². The van der Waals surface area contributed by atoms with Crippen LogP contribution >= 0.6 is 0 Å². The van der Waals surface area contributed by atoms with Gasteiger partial charge in [0.2, 0.25) is 0 Å². The van der Waals surface area contributed by atoms with Gasteiger partial charge in [-0.15, -0.1) is 0 Å². The van der Waals surface area contributed by atoms with Crippen molar-refractivity contribution in [2.75, 3.05) is 21.3 Å². The number of methoxy groups -OCH3 is 3. The van der Waals surface area contributed by atoms with E-state index in [9.17, 15) is 0 Å². The van der Waals surface area contributed by atoms with Gasteiger partial charge in [-0.3, -0.25) is 0 Å². The Labute approximate surface area is 91.0 Å². The summed E-state index contributed by atoms with van der Waals surface area (Å²) in [5, 5.41) is 0. The summed E-state index contributed by atoms with van der Waals surface area (Å²) in [7, 11) is 4.94. The second-order valence-electron chi connectivity index (χ2n) is 3.48. The van der Waals surface area contributed by atoms with E-state index in [4.69, 9.17) is 14.2 Å². The fraction of sp³-hybridized carbons (Fsp3) is 0.500. The van der Waals surface area contributed by atoms with Crippen LogP contribution in [0.3, 0.4) is 0 Å². The van der Waals surface area contributed by atoms with Crippen LogP contribution in [0.2, 0.25) is 0 Å². The second kappa shape index (κ2) is 5.14. The van der Waals surface area contributed by atoms with Crippen LogP contribution < -0.4 is 4.74 Å². The highest BCUT2D eigenvalue weighted by Gasteiger charge is 2.13. The number of hydrogen-bond acceptors (Lipinski definition) is 3. The van der Waals surface area contributed by atoms with Gasteiger partial charge in [0.1, 0.15) is 5.75 Å². The van der Waals surface area contributed by atoms with Crippen LogP contribution in [0.1, 0.15) is 23.0 Å². The SMILES string of the molecule is COc1cc(C)c(C(OC)OC)cc1C. The molecule has 0 bridgehead atoms. The number of ether oxygens (including phenoxy) is 3. The van der Waals surface area contributed by atoms with Gasteiger partial charge in [-0.1, -0.05) is 0 Å². The van der Waals surface area contributed by atoms with Crippen LogP contribution in [0.25, 0.3) is 0 Å². The van der Waals surface area contributed by atoms with Crippen LogP contribution in [0.4, 0.5) is 0 Å². The molecule has 3 nitrogen and oxygen atoms in total. The molecule has 0 fully saturated rings. The highest BCUT2D eigenvalue weighted by atomic mass is 16.7. The molecule has 84 valence electrons. The van der Waals surface area contributed by atoms with E-state index in [0.717, 1.165) is 22.4 Å². The zero-order valence-electron chi connectivity index (χ0n) is 9.96. The summed E-state index contributed by atoms with van der Waals surface area (Å²) in [6.45, 7) is 4.02. The van der Waals surface area contributed by atoms with Crippen molar-refractivity contribution >= 4 is 0 Å². The van der Waals surface area contributed by atoms with Gasteiger partial charge in [-0.25, -0.2) is 0 Å². The van der Waals surface area contributed by atoms with E-state index >= 15 is 0 Å². The van der Waals surface area contributed by atoms with Crippen molar-refractivity contribution in [3.8, 4) is 5.75 Å². The summed E-state index contributed by atoms with van der Waals surface area (Å²) in [4.78, 5) is 0. The molecule has 0 saturated carbocycles. The lowest BCUT2D eigenvalue weighted by atomic mass is 10.0. The first kappa shape index (κ1) is 12.0. The zero-order chi connectivity index (χ0) is 11.4. The lowest BCUT2D eigenvalue weighted by Crippen LogP contribution is -2.06. The molecule has 0 aliphatic rings. The summed E-state index contributed by atoms with van der Waals surface area (Å²) >= 11 is 0. The minimum Gasteiger partial charge on any atom is -0.496 e. The van der Waals surface area contributed by atoms with Crippen LogP contribution in [0.5, 0.6) is 5.75 Å². The molecule has 0 radical (unpaired) electrons. The lowest BCUT2D eigenvalue weighted by molar-refractivity contribution is -0.106. The van der Waals surface area contributed by atoms with Crippen LogP contribution in [-0.2, 0) is 9.47 Å². The number of aryl methyl sites for hydroxylation is 2. The van der Waals surface area contributed by atoms with E-state index in [1.807, 2.05) is 26.0 Å². The largest absolute Gasteiger partial charge is 0.496 e. The molecular formula is C12H18O3. The summed E-state index contributed by atoms with van der Waals surface area (Å²) < 4.78 is 15.7. The fourth-order valence-electron chi connectivity index (χ4n) is 1.64. The van der Waals surface area contributed by atoms with Crippen molar-refractivity contribution in [2.45, 2.75) is 20.1 Å². The summed E-state index contributed by atoms with van der Waals surface area (Å²) in [5.41, 5.74) is 3.22. The molecule has 0 saturated heterocycles. The van der Waals surface area contributed by atoms with E-state index < -0.39 is 0 Å². The van der Waals surface area contributed by atoms with E-state index in [1.165, 1.54) is 0 Å². The topological polar surface area (TPSA) is 27.7 Å². The highest BCUT2D eigenvalue weighted by Crippen LogP contribution is 2.28. The molecule has 0 spiro atoms. The monoisotopic (exact) mass is 210 g/mol. The highest BCUT2D eigenvalue weighted by molar-refractivity contribution is 5.42. The predicted molar refractivity (Wildman–Crippen MR) is 59.2 cm³/mol. The standard InChI is InChI=1S/C12H18O3/c1-8-7-11(13-3)9(2)6-10(8)12(14-4)15-5/h6-7,12H,1-5H3. The third-order valence-corrected chi connectivity index (χ3v) is 2.47. The molecule has 3 heteroatoms. The fourth-order valence-corrected chi connectivity index (χ4v) is 1.64. The number of hydrogen-bond donors (Lipinski definition) is 0. The van der Waals surface area contributed by atoms with Gasteiger partial charge in [0.25, 0.3) is 0 Å².